The number of nitrogens with one attached hydrogen (secondary N) is 1. The van der Waals surface area contributed by atoms with Crippen LogP contribution in [0.5, 0.6) is 0 Å². The first kappa shape index (κ1) is 7.70. The average molecular weight is 176 g/mol. The number of hydrogen-bond acceptors (Lipinski definition) is 1. The van der Waals surface area contributed by atoms with Gasteiger partial charge < -0.3 is 0 Å². The van der Waals surface area contributed by atoms with Crippen molar-refractivity contribution in [1.82, 2.24) is 0 Å². The maximum Gasteiger partial charge on any atom is 0.0535 e. The van der Waals surface area contributed by atoms with Gasteiger partial charge in [-0.2, -0.15) is 0 Å². The van der Waals surface area contributed by atoms with Gasteiger partial charge in [-0.15, -0.1) is 0 Å². The molecular formula is C7H7Cl2N. The Kier molecular flexibility index (Phi) is 2.41. The molecule has 0 aromatic heterocycles. The van der Waals surface area contributed by atoms with Crippen molar-refractivity contribution in [2.45, 2.75) is 6.92 Å². The lowest BCUT2D eigenvalue weighted by atomic mass is 10.2. The van der Waals surface area contributed by atoms with Gasteiger partial charge in [0.1, 0.15) is 0 Å². The van der Waals surface area contributed by atoms with Gasteiger partial charge in [0, 0.05) is 16.8 Å². The lowest BCUT2D eigenvalue weighted by molar-refractivity contribution is 1.47. The second-order valence-corrected chi connectivity index (χ2v) is 2.68. The van der Waals surface area contributed by atoms with Gasteiger partial charge in [-0.1, -0.05) is 17.7 Å². The summed E-state index contributed by atoms with van der Waals surface area (Å²) in [6.45, 7) is 1.96. The fraction of sp³-hybridized carbons (Fsp3) is 0.143. The summed E-state index contributed by atoms with van der Waals surface area (Å²) in [6, 6.07) is 5.52. The van der Waals surface area contributed by atoms with Crippen LogP contribution >= 0.6 is 23.4 Å². The van der Waals surface area contributed by atoms with E-state index in [1.54, 1.807) is 6.07 Å². The molecule has 0 bridgehead atoms. The Balaban J connectivity index is 3.09. The molecule has 0 unspecified atom stereocenters. The molecule has 1 aromatic carbocycles. The minimum absolute atomic E-state index is 0.689. The van der Waals surface area contributed by atoms with Crippen molar-refractivity contribution in [2.24, 2.45) is 0 Å². The predicted octanol–water partition coefficient (Wildman–Crippen LogP) is 3.21. The average Bonchev–Trinajstić information content (AvgIpc) is 1.94. The van der Waals surface area contributed by atoms with Crippen LogP contribution in [-0.4, -0.2) is 0 Å². The Morgan fingerprint density at radius 1 is 1.40 bits per heavy atom. The van der Waals surface area contributed by atoms with E-state index in [-0.39, 0.29) is 0 Å². The van der Waals surface area contributed by atoms with E-state index in [9.17, 15) is 0 Å². The van der Waals surface area contributed by atoms with Crippen LogP contribution in [0.1, 0.15) is 5.56 Å². The zero-order valence-electron chi connectivity index (χ0n) is 5.49. The third-order valence-corrected chi connectivity index (χ3v) is 1.74. The molecule has 0 heterocycles. The van der Waals surface area contributed by atoms with Crippen molar-refractivity contribution >= 4 is 29.1 Å². The Hall–Kier alpha value is -0.400. The van der Waals surface area contributed by atoms with Crippen LogP contribution in [0.4, 0.5) is 5.69 Å². The van der Waals surface area contributed by atoms with Crippen LogP contribution < -0.4 is 4.84 Å². The zero-order valence-corrected chi connectivity index (χ0v) is 7.00. The van der Waals surface area contributed by atoms with Gasteiger partial charge in [0.15, 0.2) is 0 Å². The molecule has 0 amide bonds. The maximum atomic E-state index is 5.70. The fourth-order valence-corrected chi connectivity index (χ4v) is 1.07. The Morgan fingerprint density at radius 3 is 2.60 bits per heavy atom. The Morgan fingerprint density at radius 2 is 2.10 bits per heavy atom. The second-order valence-electron chi connectivity index (χ2n) is 2.05. The fourth-order valence-electron chi connectivity index (χ4n) is 0.696. The van der Waals surface area contributed by atoms with Crippen LogP contribution in [0.2, 0.25) is 5.02 Å². The monoisotopic (exact) mass is 175 g/mol. The number of aryl methyl sites for hydroxylation is 1. The summed E-state index contributed by atoms with van der Waals surface area (Å²) < 4.78 is 0. The quantitative estimate of drug-likeness (QED) is 0.647. The third-order valence-electron chi connectivity index (χ3n) is 1.30. The normalized spacial score (nSPS) is 9.50. The van der Waals surface area contributed by atoms with Gasteiger partial charge in [0.05, 0.1) is 5.69 Å². The van der Waals surface area contributed by atoms with E-state index < -0.39 is 0 Å². The second kappa shape index (κ2) is 3.13. The molecule has 0 fully saturated rings. The van der Waals surface area contributed by atoms with Crippen molar-refractivity contribution in [3.8, 4) is 0 Å². The minimum Gasteiger partial charge on any atom is -0.298 e. The molecule has 1 aromatic rings. The van der Waals surface area contributed by atoms with Gasteiger partial charge in [-0.05, 0) is 24.6 Å². The van der Waals surface area contributed by atoms with Gasteiger partial charge in [-0.3, -0.25) is 4.84 Å². The lowest BCUT2D eigenvalue weighted by Crippen LogP contribution is -1.83. The summed E-state index contributed by atoms with van der Waals surface area (Å²) in [4.78, 5) is 2.52. The molecule has 0 aliphatic heterocycles. The van der Waals surface area contributed by atoms with Gasteiger partial charge >= 0.3 is 0 Å². The smallest absolute Gasteiger partial charge is 0.0535 e. The van der Waals surface area contributed by atoms with Gasteiger partial charge in [-0.25, -0.2) is 0 Å². The predicted molar refractivity (Wildman–Crippen MR) is 45.7 cm³/mol. The van der Waals surface area contributed by atoms with E-state index in [0.717, 1.165) is 11.3 Å². The topological polar surface area (TPSA) is 12.0 Å². The maximum absolute atomic E-state index is 5.70. The summed E-state index contributed by atoms with van der Waals surface area (Å²) in [5.74, 6) is 0. The molecule has 0 spiro atoms. The molecule has 54 valence electrons. The lowest BCUT2D eigenvalue weighted by Gasteiger charge is -2.01. The van der Waals surface area contributed by atoms with Crippen LogP contribution in [-0.2, 0) is 0 Å². The Labute approximate surface area is 70.1 Å². The number of hydrogen-bond donors (Lipinski definition) is 1. The molecule has 1 nitrogen and oxygen atoms in total. The summed E-state index contributed by atoms with van der Waals surface area (Å²) in [6.07, 6.45) is 0. The molecule has 0 radical (unpaired) electrons. The van der Waals surface area contributed by atoms with Crippen molar-refractivity contribution in [3.63, 3.8) is 0 Å². The molecule has 0 aliphatic carbocycles. The molecule has 0 saturated carbocycles. The highest BCUT2D eigenvalue weighted by atomic mass is 35.5. The van der Waals surface area contributed by atoms with Crippen molar-refractivity contribution < 1.29 is 0 Å². The van der Waals surface area contributed by atoms with Crippen molar-refractivity contribution in [2.75, 3.05) is 4.84 Å². The van der Waals surface area contributed by atoms with Crippen molar-refractivity contribution in [1.29, 1.82) is 0 Å². The summed E-state index contributed by atoms with van der Waals surface area (Å²) in [7, 11) is 0. The SMILES string of the molecule is Cc1ccc(Cl)cc1NCl. The van der Waals surface area contributed by atoms with Gasteiger partial charge in [0.25, 0.3) is 0 Å². The number of halogens is 2. The van der Waals surface area contributed by atoms with E-state index in [2.05, 4.69) is 4.84 Å². The van der Waals surface area contributed by atoms with Gasteiger partial charge in [0.2, 0.25) is 0 Å². The highest BCUT2D eigenvalue weighted by Crippen LogP contribution is 2.20. The van der Waals surface area contributed by atoms with Crippen LogP contribution in [0, 0.1) is 6.92 Å². The first-order valence-corrected chi connectivity index (χ1v) is 3.62. The van der Waals surface area contributed by atoms with Crippen LogP contribution in [0.15, 0.2) is 18.2 Å². The number of benzene rings is 1. The summed E-state index contributed by atoms with van der Waals surface area (Å²) >= 11 is 11.1. The van der Waals surface area contributed by atoms with E-state index in [1.165, 1.54) is 0 Å². The van der Waals surface area contributed by atoms with E-state index in [4.69, 9.17) is 23.4 Å². The first-order chi connectivity index (χ1) is 4.74. The molecule has 0 aliphatic rings. The highest BCUT2D eigenvalue weighted by Gasteiger charge is 1.95. The Bertz CT molecular complexity index is 235. The molecular weight excluding hydrogens is 169 g/mol. The van der Waals surface area contributed by atoms with Crippen LogP contribution in [0.25, 0.3) is 0 Å². The molecule has 1 rings (SSSR count). The standard InChI is InChI=1S/C7H7Cl2N/c1-5-2-3-6(8)4-7(5)10-9/h2-4,10H,1H3. The van der Waals surface area contributed by atoms with Crippen molar-refractivity contribution in [3.05, 3.63) is 28.8 Å². The highest BCUT2D eigenvalue weighted by molar-refractivity contribution is 6.31. The molecule has 3 heteroatoms. The third kappa shape index (κ3) is 1.55. The molecule has 10 heavy (non-hydrogen) atoms. The van der Waals surface area contributed by atoms with Crippen LogP contribution in [0.3, 0.4) is 0 Å². The van der Waals surface area contributed by atoms with E-state index in [0.29, 0.717) is 5.02 Å². The summed E-state index contributed by atoms with van der Waals surface area (Å²) in [5.41, 5.74) is 1.94. The number of rotatable bonds is 1. The minimum atomic E-state index is 0.689. The van der Waals surface area contributed by atoms with E-state index in [1.807, 2.05) is 19.1 Å². The van der Waals surface area contributed by atoms with E-state index >= 15 is 0 Å². The molecule has 1 N–H and O–H groups in total. The number of anilines is 1. The summed E-state index contributed by atoms with van der Waals surface area (Å²) in [5, 5.41) is 0.689. The molecule has 0 atom stereocenters. The molecule has 0 saturated heterocycles. The zero-order chi connectivity index (χ0) is 7.56. The largest absolute Gasteiger partial charge is 0.298 e. The first-order valence-electron chi connectivity index (χ1n) is 2.87.